The number of nitrogens with one attached hydrogen (secondary N) is 1. The van der Waals surface area contributed by atoms with Gasteiger partial charge in [-0.1, -0.05) is 0 Å². The molecule has 2 saturated carbocycles. The second-order valence-electron chi connectivity index (χ2n) is 4.04. The normalized spacial score (nSPS) is 35.8. The molecule has 0 heterocycles. The van der Waals surface area contributed by atoms with E-state index in [1.54, 1.807) is 0 Å². The van der Waals surface area contributed by atoms with Crippen molar-refractivity contribution in [2.24, 2.45) is 0 Å². The minimum absolute atomic E-state index is 0.208. The lowest BCUT2D eigenvalue weighted by atomic mass is 9.80. The fraction of sp³-hybridized carbons (Fsp3) is 0.889. The lowest BCUT2D eigenvalue weighted by molar-refractivity contribution is -0.141. The molecule has 13 heavy (non-hydrogen) atoms. The van der Waals surface area contributed by atoms with Gasteiger partial charge in [-0.3, -0.25) is 4.79 Å². The van der Waals surface area contributed by atoms with Crippen LogP contribution in [-0.2, 0) is 4.79 Å². The van der Waals surface area contributed by atoms with Gasteiger partial charge >= 0.3 is 0 Å². The van der Waals surface area contributed by atoms with E-state index in [1.165, 1.54) is 0 Å². The van der Waals surface area contributed by atoms with E-state index in [9.17, 15) is 14.3 Å². The highest BCUT2D eigenvalue weighted by Crippen LogP contribution is 2.36. The summed E-state index contributed by atoms with van der Waals surface area (Å²) in [4.78, 5) is 11.3. The molecule has 1 amide bonds. The quantitative estimate of drug-likeness (QED) is 0.662. The average Bonchev–Trinajstić information content (AvgIpc) is 2.07. The van der Waals surface area contributed by atoms with Crippen LogP contribution < -0.4 is 5.32 Å². The summed E-state index contributed by atoms with van der Waals surface area (Å²) < 4.78 is 13.5. The first-order valence-corrected chi connectivity index (χ1v) is 4.80. The zero-order valence-corrected chi connectivity index (χ0v) is 7.42. The zero-order chi connectivity index (χ0) is 9.47. The number of halogens is 1. The maximum Gasteiger partial charge on any atom is 0.257 e. The van der Waals surface area contributed by atoms with E-state index < -0.39 is 17.7 Å². The lowest BCUT2D eigenvalue weighted by Crippen LogP contribution is -2.57. The molecular weight excluding hydrogens is 173 g/mol. The minimum Gasteiger partial charge on any atom is -0.391 e. The highest BCUT2D eigenvalue weighted by Gasteiger charge is 2.46. The Kier molecular flexibility index (Phi) is 2.02. The first-order valence-electron chi connectivity index (χ1n) is 4.80. The number of aliphatic hydroxyl groups excluding tert-OH is 1. The molecule has 0 unspecified atom stereocenters. The van der Waals surface area contributed by atoms with E-state index in [0.717, 1.165) is 12.8 Å². The Morgan fingerprint density at radius 2 is 2.15 bits per heavy atom. The van der Waals surface area contributed by atoms with Crippen molar-refractivity contribution < 1.29 is 14.3 Å². The van der Waals surface area contributed by atoms with Crippen molar-refractivity contribution >= 4 is 5.91 Å². The first kappa shape index (κ1) is 8.94. The lowest BCUT2D eigenvalue weighted by Gasteiger charge is -2.38. The number of hydrogen-bond donors (Lipinski definition) is 2. The van der Waals surface area contributed by atoms with E-state index in [4.69, 9.17) is 0 Å². The Hall–Kier alpha value is -0.640. The molecular formula is C9H14FNO2. The highest BCUT2D eigenvalue weighted by molar-refractivity contribution is 5.86. The molecule has 2 N–H and O–H groups in total. The molecule has 2 rings (SSSR count). The van der Waals surface area contributed by atoms with Gasteiger partial charge in [-0.15, -0.1) is 0 Å². The van der Waals surface area contributed by atoms with Crippen LogP contribution in [0.4, 0.5) is 4.39 Å². The molecule has 3 nitrogen and oxygen atoms in total. The summed E-state index contributed by atoms with van der Waals surface area (Å²) in [6.45, 7) is 0. The largest absolute Gasteiger partial charge is 0.391 e. The molecule has 4 heteroatoms. The molecule has 2 aliphatic rings. The summed E-state index contributed by atoms with van der Waals surface area (Å²) >= 11 is 0. The number of carbonyl (C=O) groups excluding carboxylic acids is 1. The number of amides is 1. The van der Waals surface area contributed by atoms with Crippen LogP contribution in [0.15, 0.2) is 0 Å². The van der Waals surface area contributed by atoms with Gasteiger partial charge in [0.15, 0.2) is 5.67 Å². The van der Waals surface area contributed by atoms with Crippen molar-refractivity contribution in [3.63, 3.8) is 0 Å². The smallest absolute Gasteiger partial charge is 0.257 e. The summed E-state index contributed by atoms with van der Waals surface area (Å²) in [5.74, 6) is -0.525. The Balaban J connectivity index is 1.84. The van der Waals surface area contributed by atoms with Crippen LogP contribution in [0.5, 0.6) is 0 Å². The monoisotopic (exact) mass is 187 g/mol. The van der Waals surface area contributed by atoms with E-state index in [-0.39, 0.29) is 6.04 Å². The van der Waals surface area contributed by atoms with Gasteiger partial charge in [0.25, 0.3) is 5.91 Å². The van der Waals surface area contributed by atoms with Crippen LogP contribution in [0.3, 0.4) is 0 Å². The number of hydrogen-bond acceptors (Lipinski definition) is 2. The predicted molar refractivity (Wildman–Crippen MR) is 44.9 cm³/mol. The fourth-order valence-electron chi connectivity index (χ4n) is 1.66. The summed E-state index contributed by atoms with van der Waals surface area (Å²) in [6.07, 6.45) is 2.47. The summed E-state index contributed by atoms with van der Waals surface area (Å²) in [7, 11) is 0. The van der Waals surface area contributed by atoms with Gasteiger partial charge in [0, 0.05) is 0 Å². The molecule has 2 atom stereocenters. The molecule has 0 aromatic carbocycles. The summed E-state index contributed by atoms with van der Waals surface area (Å²) in [5, 5.41) is 11.7. The maximum absolute atomic E-state index is 13.5. The molecule has 0 bridgehead atoms. The van der Waals surface area contributed by atoms with Crippen molar-refractivity contribution in [2.75, 3.05) is 0 Å². The zero-order valence-electron chi connectivity index (χ0n) is 7.42. The molecule has 0 saturated heterocycles. The summed E-state index contributed by atoms with van der Waals surface area (Å²) in [6, 6.07) is -0.208. The van der Waals surface area contributed by atoms with Gasteiger partial charge in [0.1, 0.15) is 0 Å². The highest BCUT2D eigenvalue weighted by atomic mass is 19.1. The van der Waals surface area contributed by atoms with Crippen molar-refractivity contribution in [3.8, 4) is 0 Å². The van der Waals surface area contributed by atoms with Crippen LogP contribution in [0.2, 0.25) is 0 Å². The SMILES string of the molecule is O=C(N[C@@H]1CC[C@H]1O)C1(F)CCC1. The molecule has 2 fully saturated rings. The minimum atomic E-state index is -1.63. The third kappa shape index (κ3) is 1.43. The third-order valence-corrected chi connectivity index (χ3v) is 3.11. The predicted octanol–water partition coefficient (Wildman–Crippen LogP) is 0.518. The van der Waals surface area contributed by atoms with E-state index >= 15 is 0 Å². The second kappa shape index (κ2) is 2.94. The fourth-order valence-corrected chi connectivity index (χ4v) is 1.66. The van der Waals surface area contributed by atoms with Crippen LogP contribution in [0.25, 0.3) is 0 Å². The Morgan fingerprint density at radius 3 is 2.46 bits per heavy atom. The van der Waals surface area contributed by atoms with Crippen molar-refractivity contribution in [1.29, 1.82) is 0 Å². The van der Waals surface area contributed by atoms with Crippen LogP contribution in [0.1, 0.15) is 32.1 Å². The standard InChI is InChI=1S/C9H14FNO2/c10-9(4-1-5-9)8(13)11-6-2-3-7(6)12/h6-7,12H,1-5H2,(H,11,13)/t6-,7-/m1/s1. The Bertz CT molecular complexity index is 228. The van der Waals surface area contributed by atoms with Crippen LogP contribution in [0, 0.1) is 0 Å². The van der Waals surface area contributed by atoms with Crippen LogP contribution >= 0.6 is 0 Å². The van der Waals surface area contributed by atoms with Gasteiger partial charge < -0.3 is 10.4 Å². The number of carbonyl (C=O) groups is 1. The molecule has 0 aromatic rings. The molecule has 74 valence electrons. The molecule has 2 aliphatic carbocycles. The number of rotatable bonds is 2. The topological polar surface area (TPSA) is 49.3 Å². The Labute approximate surface area is 76.3 Å². The molecule has 0 radical (unpaired) electrons. The van der Waals surface area contributed by atoms with Crippen LogP contribution in [-0.4, -0.2) is 28.8 Å². The number of alkyl halides is 1. The average molecular weight is 187 g/mol. The molecule has 0 spiro atoms. The Morgan fingerprint density at radius 1 is 1.46 bits per heavy atom. The maximum atomic E-state index is 13.5. The van der Waals surface area contributed by atoms with Crippen molar-refractivity contribution in [2.45, 2.75) is 49.9 Å². The van der Waals surface area contributed by atoms with Crippen molar-refractivity contribution in [1.82, 2.24) is 5.32 Å². The number of aliphatic hydroxyl groups is 1. The first-order chi connectivity index (χ1) is 6.12. The van der Waals surface area contributed by atoms with E-state index in [1.807, 2.05) is 0 Å². The van der Waals surface area contributed by atoms with Gasteiger partial charge in [-0.2, -0.15) is 0 Å². The van der Waals surface area contributed by atoms with Gasteiger partial charge in [-0.25, -0.2) is 4.39 Å². The second-order valence-corrected chi connectivity index (χ2v) is 4.04. The molecule has 0 aromatic heterocycles. The van der Waals surface area contributed by atoms with E-state index in [2.05, 4.69) is 5.32 Å². The van der Waals surface area contributed by atoms with E-state index in [0.29, 0.717) is 19.3 Å². The van der Waals surface area contributed by atoms with Crippen molar-refractivity contribution in [3.05, 3.63) is 0 Å². The van der Waals surface area contributed by atoms with Gasteiger partial charge in [-0.05, 0) is 32.1 Å². The third-order valence-electron chi connectivity index (χ3n) is 3.11. The summed E-state index contributed by atoms with van der Waals surface area (Å²) in [5.41, 5.74) is -1.63. The van der Waals surface area contributed by atoms with Gasteiger partial charge in [0.05, 0.1) is 12.1 Å². The van der Waals surface area contributed by atoms with Gasteiger partial charge in [0.2, 0.25) is 0 Å². The molecule has 0 aliphatic heterocycles.